The summed E-state index contributed by atoms with van der Waals surface area (Å²) in [6.07, 6.45) is 0. The van der Waals surface area contributed by atoms with E-state index in [1.165, 1.54) is 25.3 Å². The molecule has 1 aliphatic rings. The minimum Gasteiger partial charge on any atom is -0.497 e. The molecule has 0 spiro atoms. The number of methoxy groups -OCH3 is 2. The van der Waals surface area contributed by atoms with Crippen molar-refractivity contribution < 1.29 is 27.5 Å². The van der Waals surface area contributed by atoms with E-state index in [0.717, 1.165) is 4.31 Å². The largest absolute Gasteiger partial charge is 0.497 e. The van der Waals surface area contributed by atoms with Crippen LogP contribution in [-0.2, 0) is 10.0 Å². The maximum Gasteiger partial charge on any atom is 0.269 e. The third-order valence-corrected chi connectivity index (χ3v) is 6.93. The first-order chi connectivity index (χ1) is 14.1. The Bertz CT molecular complexity index is 1110. The first-order valence-corrected chi connectivity index (χ1v) is 10.8. The van der Waals surface area contributed by atoms with Crippen molar-refractivity contribution in [3.8, 4) is 11.5 Å². The number of fused-ring (bicyclic) bond motifs is 1. The molecular weight excluding hydrogens is 408 g/mol. The van der Waals surface area contributed by atoms with Crippen LogP contribution in [0.1, 0.15) is 53.1 Å². The zero-order valence-electron chi connectivity index (χ0n) is 17.4. The molecule has 30 heavy (non-hydrogen) atoms. The molecule has 8 nitrogen and oxygen atoms in total. The number of rotatable bonds is 6. The van der Waals surface area contributed by atoms with Crippen molar-refractivity contribution in [3.63, 3.8) is 0 Å². The smallest absolute Gasteiger partial charge is 0.269 e. The summed E-state index contributed by atoms with van der Waals surface area (Å²) in [6.45, 7) is 5.03. The van der Waals surface area contributed by atoms with Gasteiger partial charge in [0, 0.05) is 17.2 Å². The molecule has 0 saturated carbocycles. The second-order valence-corrected chi connectivity index (χ2v) is 9.00. The number of hydrogen-bond acceptors (Lipinski definition) is 6. The van der Waals surface area contributed by atoms with Crippen molar-refractivity contribution in [3.05, 3.63) is 53.1 Å². The molecule has 3 rings (SSSR count). The lowest BCUT2D eigenvalue weighted by Gasteiger charge is -2.19. The summed E-state index contributed by atoms with van der Waals surface area (Å²) in [4.78, 5) is 25.1. The Kier molecular flexibility index (Phi) is 5.76. The first-order valence-electron chi connectivity index (χ1n) is 9.37. The number of sulfonamides is 1. The molecule has 1 unspecified atom stereocenters. The van der Waals surface area contributed by atoms with Gasteiger partial charge in [0.05, 0.1) is 25.8 Å². The normalized spacial score (nSPS) is 15.7. The minimum atomic E-state index is -3.98. The lowest BCUT2D eigenvalue weighted by atomic mass is 10.1. The fourth-order valence-corrected chi connectivity index (χ4v) is 5.23. The van der Waals surface area contributed by atoms with Gasteiger partial charge in [0.25, 0.3) is 21.8 Å². The second-order valence-electron chi connectivity index (χ2n) is 7.21. The van der Waals surface area contributed by atoms with Crippen LogP contribution >= 0.6 is 0 Å². The number of benzene rings is 2. The SMILES string of the molecule is COc1ccc(OC)c(C(C)NC(=O)c2ccc3c(c2)S(=O)(=O)N(C(C)C)C3=O)c1. The third-order valence-electron chi connectivity index (χ3n) is 4.93. The number of amides is 2. The van der Waals surface area contributed by atoms with Crippen molar-refractivity contribution in [2.75, 3.05) is 14.2 Å². The third kappa shape index (κ3) is 3.60. The average Bonchev–Trinajstić information content (AvgIpc) is 2.92. The number of nitrogens with one attached hydrogen (secondary N) is 1. The topological polar surface area (TPSA) is 102 Å². The molecular formula is C21H24N2O6S. The van der Waals surface area contributed by atoms with Gasteiger partial charge in [-0.3, -0.25) is 9.59 Å². The summed E-state index contributed by atoms with van der Waals surface area (Å²) < 4.78 is 36.9. The van der Waals surface area contributed by atoms with Crippen molar-refractivity contribution >= 4 is 21.8 Å². The van der Waals surface area contributed by atoms with Crippen LogP contribution in [-0.4, -0.2) is 44.8 Å². The molecule has 1 heterocycles. The van der Waals surface area contributed by atoms with Gasteiger partial charge in [-0.2, -0.15) is 0 Å². The Morgan fingerprint density at radius 2 is 1.73 bits per heavy atom. The Morgan fingerprint density at radius 1 is 1.03 bits per heavy atom. The summed E-state index contributed by atoms with van der Waals surface area (Å²) in [6, 6.07) is 8.36. The highest BCUT2D eigenvalue weighted by Gasteiger charge is 2.43. The minimum absolute atomic E-state index is 0.0720. The Hall–Kier alpha value is -3.07. The molecule has 0 aromatic heterocycles. The van der Waals surface area contributed by atoms with E-state index in [-0.39, 0.29) is 16.0 Å². The number of ether oxygens (including phenoxy) is 2. The Morgan fingerprint density at radius 3 is 2.33 bits per heavy atom. The number of nitrogens with zero attached hydrogens (tertiary/aromatic N) is 1. The van der Waals surface area contributed by atoms with Gasteiger partial charge in [-0.25, -0.2) is 12.7 Å². The Labute approximate surface area is 175 Å². The lowest BCUT2D eigenvalue weighted by molar-refractivity contribution is 0.0845. The number of hydrogen-bond donors (Lipinski definition) is 1. The quantitative estimate of drug-likeness (QED) is 0.753. The first kappa shape index (κ1) is 21.6. The molecule has 2 aromatic rings. The molecule has 1 aliphatic heterocycles. The van der Waals surface area contributed by atoms with Crippen LogP contribution in [0, 0.1) is 0 Å². The van der Waals surface area contributed by atoms with Crippen molar-refractivity contribution in [2.24, 2.45) is 0 Å². The summed E-state index contributed by atoms with van der Waals surface area (Å²) in [5, 5.41) is 2.83. The molecule has 2 amide bonds. The monoisotopic (exact) mass is 432 g/mol. The second kappa shape index (κ2) is 7.98. The highest BCUT2D eigenvalue weighted by Crippen LogP contribution is 2.33. The van der Waals surface area contributed by atoms with Gasteiger partial charge in [-0.1, -0.05) is 0 Å². The maximum atomic E-state index is 12.8. The van der Waals surface area contributed by atoms with E-state index in [1.807, 2.05) is 0 Å². The van der Waals surface area contributed by atoms with Gasteiger partial charge in [0.2, 0.25) is 0 Å². The molecule has 0 fully saturated rings. The lowest BCUT2D eigenvalue weighted by Crippen LogP contribution is -2.36. The molecule has 2 aromatic carbocycles. The van der Waals surface area contributed by atoms with Gasteiger partial charge in [0.1, 0.15) is 16.4 Å². The van der Waals surface area contributed by atoms with E-state index in [1.54, 1.807) is 46.1 Å². The standard InChI is InChI=1S/C21H24N2O6S/c1-12(2)23-21(25)16-8-6-14(10-19(16)30(23,26)27)20(24)22-13(3)17-11-15(28-4)7-9-18(17)29-5/h6-13H,1-5H3,(H,22,24). The van der Waals surface area contributed by atoms with E-state index in [0.29, 0.717) is 17.1 Å². The zero-order valence-corrected chi connectivity index (χ0v) is 18.2. The van der Waals surface area contributed by atoms with Crippen LogP contribution < -0.4 is 14.8 Å². The molecule has 1 atom stereocenters. The predicted molar refractivity (Wildman–Crippen MR) is 110 cm³/mol. The number of carbonyl (C=O) groups excluding carboxylic acids is 2. The summed E-state index contributed by atoms with van der Waals surface area (Å²) >= 11 is 0. The van der Waals surface area contributed by atoms with Crippen molar-refractivity contribution in [1.29, 1.82) is 0 Å². The summed E-state index contributed by atoms with van der Waals surface area (Å²) in [7, 11) is -0.910. The van der Waals surface area contributed by atoms with Gasteiger partial charge in [-0.05, 0) is 57.2 Å². The van der Waals surface area contributed by atoms with Gasteiger partial charge in [-0.15, -0.1) is 0 Å². The molecule has 0 radical (unpaired) electrons. The van der Waals surface area contributed by atoms with Gasteiger partial charge in [0.15, 0.2) is 0 Å². The highest BCUT2D eigenvalue weighted by molar-refractivity contribution is 7.90. The molecule has 0 aliphatic carbocycles. The van der Waals surface area contributed by atoms with Crippen molar-refractivity contribution in [1.82, 2.24) is 9.62 Å². The van der Waals surface area contributed by atoms with Crippen LogP contribution in [0.5, 0.6) is 11.5 Å². The van der Waals surface area contributed by atoms with Crippen LogP contribution in [0.25, 0.3) is 0 Å². The van der Waals surface area contributed by atoms with Crippen LogP contribution in [0.3, 0.4) is 0 Å². The number of carbonyl (C=O) groups is 2. The predicted octanol–water partition coefficient (Wildman–Crippen LogP) is 2.75. The summed E-state index contributed by atoms with van der Waals surface area (Å²) in [5.41, 5.74) is 0.923. The van der Waals surface area contributed by atoms with E-state index in [2.05, 4.69) is 5.32 Å². The van der Waals surface area contributed by atoms with Crippen molar-refractivity contribution in [2.45, 2.75) is 37.8 Å². The zero-order chi connectivity index (χ0) is 22.2. The van der Waals surface area contributed by atoms with E-state index in [4.69, 9.17) is 9.47 Å². The average molecular weight is 432 g/mol. The van der Waals surface area contributed by atoms with Crippen LogP contribution in [0.15, 0.2) is 41.3 Å². The molecule has 160 valence electrons. The Balaban J connectivity index is 1.90. The van der Waals surface area contributed by atoms with Gasteiger partial charge < -0.3 is 14.8 Å². The molecule has 9 heteroatoms. The fourth-order valence-electron chi connectivity index (χ4n) is 3.44. The van der Waals surface area contributed by atoms with E-state index < -0.39 is 33.9 Å². The van der Waals surface area contributed by atoms with E-state index in [9.17, 15) is 18.0 Å². The molecule has 0 saturated heterocycles. The van der Waals surface area contributed by atoms with Gasteiger partial charge >= 0.3 is 0 Å². The highest BCUT2D eigenvalue weighted by atomic mass is 32.2. The van der Waals surface area contributed by atoms with Crippen LogP contribution in [0.4, 0.5) is 0 Å². The maximum absolute atomic E-state index is 12.8. The molecule has 0 bridgehead atoms. The summed E-state index contributed by atoms with van der Waals surface area (Å²) in [5.74, 6) is 0.142. The fraction of sp³-hybridized carbons (Fsp3) is 0.333. The van der Waals surface area contributed by atoms with Crippen LogP contribution in [0.2, 0.25) is 0 Å². The van der Waals surface area contributed by atoms with E-state index >= 15 is 0 Å². The molecule has 1 N–H and O–H groups in total.